The molecule has 0 aliphatic heterocycles. The van der Waals surface area contributed by atoms with Crippen LogP contribution in [0.2, 0.25) is 0 Å². The topological polar surface area (TPSA) is 65.2 Å². The number of ketones is 1. The Labute approximate surface area is 125 Å². The molecule has 2 N–H and O–H groups in total. The maximum atomic E-state index is 11.9. The summed E-state index contributed by atoms with van der Waals surface area (Å²) >= 11 is 0. The van der Waals surface area contributed by atoms with Gasteiger partial charge in [-0.3, -0.25) is 9.78 Å². The summed E-state index contributed by atoms with van der Waals surface area (Å²) in [7, 11) is 0. The van der Waals surface area contributed by atoms with E-state index in [2.05, 4.69) is 18.8 Å². The molecule has 2 rings (SSSR count). The number of anilines is 1. The van der Waals surface area contributed by atoms with Crippen molar-refractivity contribution >= 4 is 22.4 Å². The van der Waals surface area contributed by atoms with Gasteiger partial charge < -0.3 is 10.5 Å². The first kappa shape index (κ1) is 15.3. The van der Waals surface area contributed by atoms with Gasteiger partial charge in [-0.25, -0.2) is 0 Å². The molecule has 0 aliphatic rings. The number of aryl methyl sites for hydroxylation is 1. The zero-order valence-corrected chi connectivity index (χ0v) is 12.9. The SMILES string of the molecule is CCCCOc1c(C(C)=O)cc(N)c2nccc(CC)c12. The van der Waals surface area contributed by atoms with Crippen LogP contribution in [0.15, 0.2) is 18.3 Å². The Hall–Kier alpha value is -2.10. The van der Waals surface area contributed by atoms with Crippen molar-refractivity contribution in [2.24, 2.45) is 0 Å². The van der Waals surface area contributed by atoms with Gasteiger partial charge in [-0.15, -0.1) is 0 Å². The summed E-state index contributed by atoms with van der Waals surface area (Å²) in [5.74, 6) is 0.589. The number of pyridine rings is 1. The number of carbonyl (C=O) groups is 1. The molecule has 0 spiro atoms. The van der Waals surface area contributed by atoms with Crippen LogP contribution in [0.3, 0.4) is 0 Å². The molecular formula is C17H22N2O2. The minimum absolute atomic E-state index is 0.0407. The summed E-state index contributed by atoms with van der Waals surface area (Å²) in [5.41, 5.74) is 8.95. The van der Waals surface area contributed by atoms with E-state index in [1.807, 2.05) is 6.07 Å². The number of hydrogen-bond donors (Lipinski definition) is 1. The van der Waals surface area contributed by atoms with Gasteiger partial charge in [0.15, 0.2) is 5.78 Å². The van der Waals surface area contributed by atoms with Crippen LogP contribution in [0.25, 0.3) is 10.9 Å². The van der Waals surface area contributed by atoms with E-state index in [-0.39, 0.29) is 5.78 Å². The Balaban J connectivity index is 2.71. The number of Topliss-reactive ketones (excluding diaryl/α,β-unsaturated/α-hetero) is 1. The van der Waals surface area contributed by atoms with Gasteiger partial charge in [0.25, 0.3) is 0 Å². The van der Waals surface area contributed by atoms with E-state index in [9.17, 15) is 4.79 Å². The lowest BCUT2D eigenvalue weighted by Gasteiger charge is -2.16. The summed E-state index contributed by atoms with van der Waals surface area (Å²) in [6.07, 6.45) is 4.58. The lowest BCUT2D eigenvalue weighted by molar-refractivity contribution is 0.101. The second kappa shape index (κ2) is 6.57. The van der Waals surface area contributed by atoms with Crippen molar-refractivity contribution in [3.05, 3.63) is 29.5 Å². The minimum atomic E-state index is -0.0407. The third-order valence-electron chi connectivity index (χ3n) is 3.59. The fourth-order valence-electron chi connectivity index (χ4n) is 2.42. The minimum Gasteiger partial charge on any atom is -0.492 e. The highest BCUT2D eigenvalue weighted by molar-refractivity contribution is 6.07. The number of fused-ring (bicyclic) bond motifs is 1. The number of benzene rings is 1. The average Bonchev–Trinajstić information content (AvgIpc) is 2.48. The van der Waals surface area contributed by atoms with E-state index in [0.29, 0.717) is 29.1 Å². The van der Waals surface area contributed by atoms with Crippen LogP contribution >= 0.6 is 0 Å². The number of hydrogen-bond acceptors (Lipinski definition) is 4. The van der Waals surface area contributed by atoms with E-state index >= 15 is 0 Å². The normalized spacial score (nSPS) is 10.8. The summed E-state index contributed by atoms with van der Waals surface area (Å²) in [5, 5.41) is 0.876. The predicted molar refractivity (Wildman–Crippen MR) is 85.9 cm³/mol. The molecule has 0 bridgehead atoms. The molecule has 1 aromatic heterocycles. The molecule has 2 aromatic rings. The van der Waals surface area contributed by atoms with Crippen molar-refractivity contribution in [2.75, 3.05) is 12.3 Å². The average molecular weight is 286 g/mol. The van der Waals surface area contributed by atoms with Gasteiger partial charge in [0.2, 0.25) is 0 Å². The van der Waals surface area contributed by atoms with Gasteiger partial charge in [0.05, 0.1) is 23.4 Å². The molecule has 0 atom stereocenters. The highest BCUT2D eigenvalue weighted by Crippen LogP contribution is 2.36. The number of nitrogens with zero attached hydrogens (tertiary/aromatic N) is 1. The second-order valence-corrected chi connectivity index (χ2v) is 5.15. The van der Waals surface area contributed by atoms with Gasteiger partial charge in [0.1, 0.15) is 5.75 Å². The molecule has 0 unspecified atom stereocenters. The van der Waals surface area contributed by atoms with Crippen LogP contribution in [0, 0.1) is 0 Å². The molecule has 0 saturated carbocycles. The van der Waals surface area contributed by atoms with Crippen LogP contribution in [-0.2, 0) is 6.42 Å². The van der Waals surface area contributed by atoms with Crippen LogP contribution in [-0.4, -0.2) is 17.4 Å². The molecular weight excluding hydrogens is 264 g/mol. The van der Waals surface area contributed by atoms with Crippen molar-refractivity contribution in [2.45, 2.75) is 40.0 Å². The van der Waals surface area contributed by atoms with E-state index in [4.69, 9.17) is 10.5 Å². The zero-order valence-electron chi connectivity index (χ0n) is 12.9. The molecule has 112 valence electrons. The molecule has 4 heteroatoms. The molecule has 1 aromatic carbocycles. The number of nitrogens with two attached hydrogens (primary N) is 1. The largest absolute Gasteiger partial charge is 0.492 e. The lowest BCUT2D eigenvalue weighted by Crippen LogP contribution is -2.07. The number of ether oxygens (including phenoxy) is 1. The summed E-state index contributed by atoms with van der Waals surface area (Å²) < 4.78 is 5.93. The zero-order chi connectivity index (χ0) is 15.4. The van der Waals surface area contributed by atoms with E-state index in [1.54, 1.807) is 12.3 Å². The van der Waals surface area contributed by atoms with Crippen molar-refractivity contribution in [3.63, 3.8) is 0 Å². The van der Waals surface area contributed by atoms with Crippen LogP contribution in [0.5, 0.6) is 5.75 Å². The Bertz CT molecular complexity index is 665. The first-order chi connectivity index (χ1) is 10.1. The number of rotatable bonds is 6. The Morgan fingerprint density at radius 3 is 2.76 bits per heavy atom. The molecule has 1 heterocycles. The second-order valence-electron chi connectivity index (χ2n) is 5.15. The van der Waals surface area contributed by atoms with Crippen LogP contribution in [0.1, 0.15) is 49.5 Å². The Morgan fingerprint density at radius 1 is 1.38 bits per heavy atom. The molecule has 0 fully saturated rings. The summed E-state index contributed by atoms with van der Waals surface area (Å²) in [6.45, 7) is 6.31. The van der Waals surface area contributed by atoms with Gasteiger partial charge in [-0.1, -0.05) is 20.3 Å². The van der Waals surface area contributed by atoms with Gasteiger partial charge >= 0.3 is 0 Å². The number of unbranched alkanes of at least 4 members (excludes halogenated alkanes) is 1. The van der Waals surface area contributed by atoms with Crippen molar-refractivity contribution < 1.29 is 9.53 Å². The van der Waals surface area contributed by atoms with Gasteiger partial charge in [-0.2, -0.15) is 0 Å². The molecule has 0 aliphatic carbocycles. The van der Waals surface area contributed by atoms with Crippen LogP contribution < -0.4 is 10.5 Å². The molecule has 4 nitrogen and oxygen atoms in total. The van der Waals surface area contributed by atoms with E-state index in [0.717, 1.165) is 30.2 Å². The highest BCUT2D eigenvalue weighted by Gasteiger charge is 2.18. The third kappa shape index (κ3) is 2.99. The third-order valence-corrected chi connectivity index (χ3v) is 3.59. The smallest absolute Gasteiger partial charge is 0.163 e. The van der Waals surface area contributed by atoms with E-state index < -0.39 is 0 Å². The molecule has 0 amide bonds. The summed E-state index contributed by atoms with van der Waals surface area (Å²) in [6, 6.07) is 3.64. The van der Waals surface area contributed by atoms with Crippen molar-refractivity contribution in [1.82, 2.24) is 4.98 Å². The number of aromatic nitrogens is 1. The highest BCUT2D eigenvalue weighted by atomic mass is 16.5. The number of nitrogen functional groups attached to an aromatic ring is 1. The fraction of sp³-hybridized carbons (Fsp3) is 0.412. The summed E-state index contributed by atoms with van der Waals surface area (Å²) in [4.78, 5) is 16.3. The first-order valence-electron chi connectivity index (χ1n) is 7.43. The Morgan fingerprint density at radius 2 is 2.14 bits per heavy atom. The number of carbonyl (C=O) groups excluding carboxylic acids is 1. The maximum absolute atomic E-state index is 11.9. The van der Waals surface area contributed by atoms with Crippen molar-refractivity contribution in [3.8, 4) is 5.75 Å². The fourth-order valence-corrected chi connectivity index (χ4v) is 2.42. The molecule has 21 heavy (non-hydrogen) atoms. The quantitative estimate of drug-likeness (QED) is 0.499. The standard InChI is InChI=1S/C17H22N2O2/c1-4-6-9-21-17-13(11(3)20)10-14(18)16-15(17)12(5-2)7-8-19-16/h7-8,10H,4-6,9,18H2,1-3H3. The van der Waals surface area contributed by atoms with Gasteiger partial charge in [0, 0.05) is 11.6 Å². The first-order valence-corrected chi connectivity index (χ1v) is 7.43. The van der Waals surface area contributed by atoms with E-state index in [1.165, 1.54) is 6.92 Å². The molecule has 0 radical (unpaired) electrons. The van der Waals surface area contributed by atoms with Crippen LogP contribution in [0.4, 0.5) is 5.69 Å². The Kier molecular flexibility index (Phi) is 4.78. The molecule has 0 saturated heterocycles. The lowest BCUT2D eigenvalue weighted by atomic mass is 9.99. The monoisotopic (exact) mass is 286 g/mol. The predicted octanol–water partition coefficient (Wildman–Crippen LogP) is 3.76. The maximum Gasteiger partial charge on any atom is 0.163 e. The van der Waals surface area contributed by atoms with Gasteiger partial charge in [-0.05, 0) is 37.5 Å². The van der Waals surface area contributed by atoms with Crippen molar-refractivity contribution in [1.29, 1.82) is 0 Å².